The van der Waals surface area contributed by atoms with Gasteiger partial charge in [-0.05, 0) is 26.1 Å². The third-order valence-corrected chi connectivity index (χ3v) is 2.66. The highest BCUT2D eigenvalue weighted by molar-refractivity contribution is 4.84. The number of hydrogen-bond acceptors (Lipinski definition) is 2. The van der Waals surface area contributed by atoms with Crippen molar-refractivity contribution in [2.75, 3.05) is 26.2 Å². The van der Waals surface area contributed by atoms with Gasteiger partial charge in [-0.3, -0.25) is 4.90 Å². The van der Waals surface area contributed by atoms with Gasteiger partial charge in [0.05, 0.1) is 0 Å². The van der Waals surface area contributed by atoms with Gasteiger partial charge in [0.25, 0.3) is 0 Å². The third kappa shape index (κ3) is 2.17. The Kier molecular flexibility index (Phi) is 3.95. The standard InChI is InChI=1S/C9H19FN2/c1-3-12(4-2)9-5-6-11-7-8(9)10/h8-9,11H,3-7H2,1-2H3/t8-,9+/m0/s1. The summed E-state index contributed by atoms with van der Waals surface area (Å²) in [6, 6.07) is 0.154. The van der Waals surface area contributed by atoms with Crippen molar-refractivity contribution in [1.29, 1.82) is 0 Å². The van der Waals surface area contributed by atoms with Gasteiger partial charge in [-0.2, -0.15) is 0 Å². The summed E-state index contributed by atoms with van der Waals surface area (Å²) in [5.41, 5.74) is 0. The number of rotatable bonds is 3. The van der Waals surface area contributed by atoms with Crippen LogP contribution in [0.25, 0.3) is 0 Å². The van der Waals surface area contributed by atoms with E-state index in [-0.39, 0.29) is 6.04 Å². The summed E-state index contributed by atoms with van der Waals surface area (Å²) >= 11 is 0. The molecule has 0 saturated carbocycles. The van der Waals surface area contributed by atoms with Gasteiger partial charge in [-0.1, -0.05) is 13.8 Å². The smallest absolute Gasteiger partial charge is 0.128 e. The van der Waals surface area contributed by atoms with Crippen molar-refractivity contribution < 1.29 is 4.39 Å². The predicted molar refractivity (Wildman–Crippen MR) is 49.1 cm³/mol. The second-order valence-corrected chi connectivity index (χ2v) is 3.30. The summed E-state index contributed by atoms with van der Waals surface area (Å²) in [4.78, 5) is 2.21. The molecule has 1 heterocycles. The van der Waals surface area contributed by atoms with E-state index in [1.165, 1.54) is 0 Å². The maximum absolute atomic E-state index is 13.4. The van der Waals surface area contributed by atoms with E-state index in [0.717, 1.165) is 26.1 Å². The Morgan fingerprint density at radius 2 is 2.08 bits per heavy atom. The van der Waals surface area contributed by atoms with E-state index in [4.69, 9.17) is 0 Å². The van der Waals surface area contributed by atoms with Crippen molar-refractivity contribution in [3.05, 3.63) is 0 Å². The van der Waals surface area contributed by atoms with Crippen LogP contribution in [0.3, 0.4) is 0 Å². The van der Waals surface area contributed by atoms with Crippen molar-refractivity contribution >= 4 is 0 Å². The zero-order valence-electron chi connectivity index (χ0n) is 8.02. The highest BCUT2D eigenvalue weighted by atomic mass is 19.1. The van der Waals surface area contributed by atoms with Crippen molar-refractivity contribution in [3.8, 4) is 0 Å². The molecule has 1 N–H and O–H groups in total. The minimum Gasteiger partial charge on any atom is -0.314 e. The van der Waals surface area contributed by atoms with Crippen molar-refractivity contribution in [2.45, 2.75) is 32.5 Å². The minimum atomic E-state index is -0.682. The third-order valence-electron chi connectivity index (χ3n) is 2.66. The summed E-state index contributed by atoms with van der Waals surface area (Å²) in [6.45, 7) is 7.60. The van der Waals surface area contributed by atoms with E-state index >= 15 is 0 Å². The number of nitrogens with zero attached hydrogens (tertiary/aromatic N) is 1. The van der Waals surface area contributed by atoms with Crippen molar-refractivity contribution in [3.63, 3.8) is 0 Å². The highest BCUT2D eigenvalue weighted by Gasteiger charge is 2.27. The first-order valence-electron chi connectivity index (χ1n) is 4.88. The van der Waals surface area contributed by atoms with Gasteiger partial charge in [0, 0.05) is 12.6 Å². The Bertz CT molecular complexity index is 126. The normalized spacial score (nSPS) is 31.0. The SMILES string of the molecule is CCN(CC)[C@@H]1CCNC[C@@H]1F. The average Bonchev–Trinajstić information content (AvgIpc) is 2.10. The average molecular weight is 174 g/mol. The molecule has 1 rings (SSSR count). The molecular weight excluding hydrogens is 155 g/mol. The second-order valence-electron chi connectivity index (χ2n) is 3.30. The first-order valence-corrected chi connectivity index (χ1v) is 4.88. The molecule has 2 nitrogen and oxygen atoms in total. The van der Waals surface area contributed by atoms with Gasteiger partial charge in [-0.25, -0.2) is 4.39 Å². The van der Waals surface area contributed by atoms with Gasteiger partial charge >= 0.3 is 0 Å². The molecule has 0 unspecified atom stereocenters. The van der Waals surface area contributed by atoms with Gasteiger partial charge in [0.15, 0.2) is 0 Å². The Hall–Kier alpha value is -0.150. The Morgan fingerprint density at radius 1 is 1.42 bits per heavy atom. The number of piperidine rings is 1. The van der Waals surface area contributed by atoms with Crippen molar-refractivity contribution in [1.82, 2.24) is 10.2 Å². The highest BCUT2D eigenvalue weighted by Crippen LogP contribution is 2.14. The molecule has 0 aliphatic carbocycles. The van der Waals surface area contributed by atoms with Crippen LogP contribution in [0, 0.1) is 0 Å². The lowest BCUT2D eigenvalue weighted by Crippen LogP contribution is -2.50. The maximum atomic E-state index is 13.4. The monoisotopic (exact) mass is 174 g/mol. The number of alkyl halides is 1. The maximum Gasteiger partial charge on any atom is 0.128 e. The van der Waals surface area contributed by atoms with Crippen molar-refractivity contribution in [2.24, 2.45) is 0 Å². The molecule has 0 aromatic carbocycles. The molecule has 1 saturated heterocycles. The zero-order chi connectivity index (χ0) is 8.97. The van der Waals surface area contributed by atoms with Crippen LogP contribution in [0.5, 0.6) is 0 Å². The summed E-state index contributed by atoms with van der Waals surface area (Å²) in [6.07, 6.45) is 0.265. The summed E-state index contributed by atoms with van der Waals surface area (Å²) < 4.78 is 13.4. The number of hydrogen-bond donors (Lipinski definition) is 1. The van der Waals surface area contributed by atoms with Gasteiger partial charge in [-0.15, -0.1) is 0 Å². The lowest BCUT2D eigenvalue weighted by molar-refractivity contribution is 0.0930. The van der Waals surface area contributed by atoms with Crippen LogP contribution in [0.15, 0.2) is 0 Å². The van der Waals surface area contributed by atoms with Crippen LogP contribution in [-0.2, 0) is 0 Å². The molecule has 0 spiro atoms. The Balaban J connectivity index is 2.45. The summed E-state index contributed by atoms with van der Waals surface area (Å²) in [7, 11) is 0. The van der Waals surface area contributed by atoms with Crippen LogP contribution in [0.1, 0.15) is 20.3 Å². The number of nitrogens with one attached hydrogen (secondary N) is 1. The first-order chi connectivity index (χ1) is 5.79. The molecule has 1 aliphatic rings. The Labute approximate surface area is 74.1 Å². The van der Waals surface area contributed by atoms with E-state index in [9.17, 15) is 4.39 Å². The molecule has 1 aliphatic heterocycles. The topological polar surface area (TPSA) is 15.3 Å². The molecule has 0 aromatic heterocycles. The quantitative estimate of drug-likeness (QED) is 0.687. The fourth-order valence-electron chi connectivity index (χ4n) is 1.91. The van der Waals surface area contributed by atoms with Crippen LogP contribution in [0.2, 0.25) is 0 Å². The number of halogens is 1. The van der Waals surface area contributed by atoms with E-state index in [1.54, 1.807) is 0 Å². The lowest BCUT2D eigenvalue weighted by Gasteiger charge is -2.35. The predicted octanol–water partition coefficient (Wildman–Crippen LogP) is 1.03. The molecule has 12 heavy (non-hydrogen) atoms. The van der Waals surface area contributed by atoms with Gasteiger partial charge in [0.1, 0.15) is 6.17 Å². The van der Waals surface area contributed by atoms with Gasteiger partial charge < -0.3 is 5.32 Å². The van der Waals surface area contributed by atoms with Crippen LogP contribution < -0.4 is 5.32 Å². The summed E-state index contributed by atoms with van der Waals surface area (Å²) in [5.74, 6) is 0. The fourth-order valence-corrected chi connectivity index (χ4v) is 1.91. The first kappa shape index (κ1) is 9.93. The zero-order valence-corrected chi connectivity index (χ0v) is 8.02. The fraction of sp³-hybridized carbons (Fsp3) is 1.00. The second kappa shape index (κ2) is 4.77. The van der Waals surface area contributed by atoms with E-state index in [2.05, 4.69) is 24.1 Å². The van der Waals surface area contributed by atoms with E-state index in [1.807, 2.05) is 0 Å². The minimum absolute atomic E-state index is 0.154. The lowest BCUT2D eigenvalue weighted by atomic mass is 10.0. The van der Waals surface area contributed by atoms with E-state index in [0.29, 0.717) is 6.54 Å². The van der Waals surface area contributed by atoms with Crippen LogP contribution in [-0.4, -0.2) is 43.3 Å². The molecule has 3 heteroatoms. The molecule has 1 fully saturated rings. The molecule has 72 valence electrons. The molecule has 0 radical (unpaired) electrons. The molecular formula is C9H19FN2. The van der Waals surface area contributed by atoms with Gasteiger partial charge in [0.2, 0.25) is 0 Å². The molecule has 0 bridgehead atoms. The molecule has 2 atom stereocenters. The largest absolute Gasteiger partial charge is 0.314 e. The van der Waals surface area contributed by atoms with Crippen LogP contribution in [0.4, 0.5) is 4.39 Å². The molecule has 0 amide bonds. The van der Waals surface area contributed by atoms with Crippen LogP contribution >= 0.6 is 0 Å². The Morgan fingerprint density at radius 3 is 2.58 bits per heavy atom. The van der Waals surface area contributed by atoms with E-state index < -0.39 is 6.17 Å². The molecule has 0 aromatic rings. The summed E-state index contributed by atoms with van der Waals surface area (Å²) in [5, 5.41) is 3.07.